The van der Waals surface area contributed by atoms with Crippen molar-refractivity contribution in [1.82, 2.24) is 4.57 Å². The second kappa shape index (κ2) is 17.0. The first-order valence-corrected chi connectivity index (χ1v) is 27.1. The summed E-state index contributed by atoms with van der Waals surface area (Å²) in [4.78, 5) is 2.50. The van der Waals surface area contributed by atoms with Crippen LogP contribution >= 0.6 is 0 Å². The highest BCUT2D eigenvalue weighted by Crippen LogP contribution is 2.55. The Labute approximate surface area is 453 Å². The first-order valence-electron chi connectivity index (χ1n) is 27.1. The second-order valence-corrected chi connectivity index (χ2v) is 21.5. The van der Waals surface area contributed by atoms with Crippen LogP contribution in [-0.2, 0) is 5.41 Å². The Morgan fingerprint density at radius 1 is 0.321 bits per heavy atom. The van der Waals surface area contributed by atoms with E-state index in [1.807, 2.05) is 0 Å². The van der Waals surface area contributed by atoms with Gasteiger partial charge in [0.15, 0.2) is 0 Å². The van der Waals surface area contributed by atoms with Crippen molar-refractivity contribution in [2.24, 2.45) is 0 Å². The molecule has 0 bridgehead atoms. The van der Waals surface area contributed by atoms with Crippen LogP contribution in [0.4, 0.5) is 17.1 Å². The predicted molar refractivity (Wildman–Crippen MR) is 326 cm³/mol. The van der Waals surface area contributed by atoms with Gasteiger partial charge in [-0.2, -0.15) is 0 Å². The van der Waals surface area contributed by atoms with E-state index in [4.69, 9.17) is 4.42 Å². The summed E-state index contributed by atoms with van der Waals surface area (Å²) in [5, 5.41) is 4.71. The molecule has 2 heterocycles. The number of anilines is 3. The fraction of sp³-hybridized carbons (Fsp3) is 0.0400. The minimum Gasteiger partial charge on any atom is -0.455 e. The number of para-hydroxylation sites is 4. The van der Waals surface area contributed by atoms with Crippen molar-refractivity contribution in [2.75, 3.05) is 4.90 Å². The van der Waals surface area contributed by atoms with E-state index in [-0.39, 0.29) is 5.41 Å². The minimum absolute atomic E-state index is 0.180. The number of fused-ring (bicyclic) bond motifs is 17. The third kappa shape index (κ3) is 6.52. The van der Waals surface area contributed by atoms with Crippen LogP contribution < -0.4 is 4.90 Å². The van der Waals surface area contributed by atoms with Crippen molar-refractivity contribution in [3.8, 4) is 83.6 Å². The summed E-state index contributed by atoms with van der Waals surface area (Å²) in [6.45, 7) is 4.74. The summed E-state index contributed by atoms with van der Waals surface area (Å²) >= 11 is 0. The molecule has 0 amide bonds. The smallest absolute Gasteiger partial charge is 0.143 e. The van der Waals surface area contributed by atoms with Gasteiger partial charge in [-0.05, 0) is 127 Å². The van der Waals surface area contributed by atoms with Gasteiger partial charge in [0, 0.05) is 60.7 Å². The summed E-state index contributed by atoms with van der Waals surface area (Å²) in [6.07, 6.45) is 0. The number of aromatic nitrogens is 1. The van der Waals surface area contributed by atoms with Crippen molar-refractivity contribution >= 4 is 60.8 Å². The van der Waals surface area contributed by atoms with Gasteiger partial charge in [0.05, 0.1) is 16.7 Å². The standard InChI is InChI=1S/C75H50N2O/c1-75(2)67-32-12-9-23-59(67)60-45-44-51(46-68(60)75)76(71-35-17-29-64-58-21-6-5-20-56(58)54-18-3-4-19-55(54)57-22-7-8-26-63(57)72(64)71)49-40-36-47(37-41-49)52-27-15-30-65-66-31-16-28-53(74(66)78-73(52)65)48-38-42-50(43-39-48)77-69-33-13-10-24-61(69)62-25-11-14-34-70(62)77/h3-46H,1-2H3. The Balaban J connectivity index is 0.841. The van der Waals surface area contributed by atoms with E-state index in [9.17, 15) is 0 Å². The van der Waals surface area contributed by atoms with E-state index in [1.165, 1.54) is 88.6 Å². The fourth-order valence-corrected chi connectivity index (χ4v) is 13.4. The predicted octanol–water partition coefficient (Wildman–Crippen LogP) is 20.8. The van der Waals surface area contributed by atoms with E-state index < -0.39 is 0 Å². The van der Waals surface area contributed by atoms with Gasteiger partial charge in [-0.1, -0.05) is 226 Å². The third-order valence-electron chi connectivity index (χ3n) is 17.0. The van der Waals surface area contributed by atoms with Gasteiger partial charge in [-0.3, -0.25) is 0 Å². The van der Waals surface area contributed by atoms with Gasteiger partial charge in [-0.15, -0.1) is 0 Å². The second-order valence-electron chi connectivity index (χ2n) is 21.5. The van der Waals surface area contributed by atoms with Gasteiger partial charge >= 0.3 is 0 Å². The van der Waals surface area contributed by atoms with Gasteiger partial charge < -0.3 is 13.9 Å². The van der Waals surface area contributed by atoms with Crippen LogP contribution in [0.25, 0.3) is 127 Å². The van der Waals surface area contributed by atoms with Crippen LogP contribution in [0, 0.1) is 0 Å². The average Bonchev–Trinajstić information content (AvgIpc) is 4.29. The van der Waals surface area contributed by atoms with Crippen LogP contribution in [0.15, 0.2) is 271 Å². The zero-order valence-corrected chi connectivity index (χ0v) is 43.2. The lowest BCUT2D eigenvalue weighted by molar-refractivity contribution is 0.660. The molecule has 0 N–H and O–H groups in total. The molecule has 0 unspecified atom stereocenters. The highest BCUT2D eigenvalue weighted by molar-refractivity contribution is 6.14. The van der Waals surface area contributed by atoms with E-state index in [0.29, 0.717) is 0 Å². The molecule has 12 aromatic carbocycles. The molecule has 14 aromatic rings. The van der Waals surface area contributed by atoms with Gasteiger partial charge in [-0.25, -0.2) is 0 Å². The van der Waals surface area contributed by atoms with Crippen LogP contribution in [-0.4, -0.2) is 4.57 Å². The summed E-state index contributed by atoms with van der Waals surface area (Å²) in [7, 11) is 0. The van der Waals surface area contributed by atoms with Gasteiger partial charge in [0.25, 0.3) is 0 Å². The SMILES string of the molecule is CC1(C)c2ccccc2-c2ccc(N(c3ccc(-c4cccc5c4oc4c(-c6ccc(-n7c8ccccc8c8ccccc87)cc6)cccc45)cc3)c3cccc4c3-c3ccccc3-c3ccccc3-c3ccccc3-4)cc21. The number of hydrogen-bond donors (Lipinski definition) is 0. The number of hydrogen-bond acceptors (Lipinski definition) is 2. The molecule has 0 saturated carbocycles. The molecule has 3 nitrogen and oxygen atoms in total. The molecule has 2 aliphatic carbocycles. The first kappa shape index (κ1) is 44.3. The lowest BCUT2D eigenvalue weighted by Gasteiger charge is -2.32. The fourth-order valence-electron chi connectivity index (χ4n) is 13.4. The maximum absolute atomic E-state index is 7.10. The maximum Gasteiger partial charge on any atom is 0.143 e. The van der Waals surface area contributed by atoms with Crippen LogP contribution in [0.2, 0.25) is 0 Å². The summed E-state index contributed by atoms with van der Waals surface area (Å²) in [6, 6.07) is 98.2. The number of benzene rings is 12. The van der Waals surface area contributed by atoms with E-state index in [2.05, 4.69) is 290 Å². The summed E-state index contributed by atoms with van der Waals surface area (Å²) in [5.41, 5.74) is 27.8. The molecule has 3 heteroatoms. The number of furan rings is 1. The molecular weight excluding hydrogens is 945 g/mol. The van der Waals surface area contributed by atoms with E-state index >= 15 is 0 Å². The molecule has 2 aromatic heterocycles. The Morgan fingerprint density at radius 3 is 1.35 bits per heavy atom. The maximum atomic E-state index is 7.10. The highest BCUT2D eigenvalue weighted by atomic mass is 16.3. The quantitative estimate of drug-likeness (QED) is 0.166. The van der Waals surface area contributed by atoms with Crippen molar-refractivity contribution in [3.05, 3.63) is 278 Å². The monoisotopic (exact) mass is 994 g/mol. The minimum atomic E-state index is -0.180. The molecule has 16 rings (SSSR count). The Hall–Kier alpha value is -9.96. The molecule has 0 radical (unpaired) electrons. The molecule has 0 spiro atoms. The molecule has 366 valence electrons. The molecule has 2 aliphatic rings. The largest absolute Gasteiger partial charge is 0.455 e. The van der Waals surface area contributed by atoms with Crippen molar-refractivity contribution in [2.45, 2.75) is 19.3 Å². The van der Waals surface area contributed by atoms with Crippen LogP contribution in [0.1, 0.15) is 25.0 Å². The van der Waals surface area contributed by atoms with Gasteiger partial charge in [0.2, 0.25) is 0 Å². The highest BCUT2D eigenvalue weighted by Gasteiger charge is 2.36. The van der Waals surface area contributed by atoms with E-state index in [1.54, 1.807) is 0 Å². The zero-order valence-electron chi connectivity index (χ0n) is 43.2. The average molecular weight is 995 g/mol. The molecule has 0 aliphatic heterocycles. The molecule has 0 atom stereocenters. The molecule has 0 fully saturated rings. The van der Waals surface area contributed by atoms with Crippen LogP contribution in [0.5, 0.6) is 0 Å². The topological polar surface area (TPSA) is 21.3 Å². The number of nitrogens with zero attached hydrogens (tertiary/aromatic N) is 2. The Morgan fingerprint density at radius 2 is 0.744 bits per heavy atom. The Bertz CT molecular complexity index is 4700. The lowest BCUT2D eigenvalue weighted by Crippen LogP contribution is -2.17. The zero-order chi connectivity index (χ0) is 51.6. The van der Waals surface area contributed by atoms with E-state index in [0.717, 1.165) is 66.9 Å². The van der Waals surface area contributed by atoms with Crippen molar-refractivity contribution in [3.63, 3.8) is 0 Å². The van der Waals surface area contributed by atoms with Crippen molar-refractivity contribution in [1.29, 1.82) is 0 Å². The third-order valence-corrected chi connectivity index (χ3v) is 17.0. The Kier molecular flexibility index (Phi) is 9.68. The molecule has 0 saturated heterocycles. The summed E-state index contributed by atoms with van der Waals surface area (Å²) in [5.74, 6) is 0. The lowest BCUT2D eigenvalue weighted by atomic mass is 9.80. The molecule has 78 heavy (non-hydrogen) atoms. The first-order chi connectivity index (χ1) is 38.5. The normalized spacial score (nSPS) is 12.8. The molecular formula is C75H50N2O. The van der Waals surface area contributed by atoms with Crippen molar-refractivity contribution < 1.29 is 4.42 Å². The van der Waals surface area contributed by atoms with Gasteiger partial charge in [0.1, 0.15) is 11.2 Å². The summed E-state index contributed by atoms with van der Waals surface area (Å²) < 4.78 is 9.47. The number of rotatable bonds is 6. The van der Waals surface area contributed by atoms with Crippen LogP contribution in [0.3, 0.4) is 0 Å².